The third-order valence-corrected chi connectivity index (χ3v) is 4.28. The van der Waals surface area contributed by atoms with E-state index in [2.05, 4.69) is 25.1 Å². The first kappa shape index (κ1) is 27.4. The zero-order valence-corrected chi connectivity index (χ0v) is 19.9. The molecule has 3 N–H and O–H groups in total. The van der Waals surface area contributed by atoms with Gasteiger partial charge in [0.1, 0.15) is 5.75 Å². The molecule has 13 heteroatoms. The lowest BCUT2D eigenvalue weighted by atomic mass is 10.2. The number of sulfonamides is 1. The number of nitrogens with one attached hydrogen (secondary N) is 3. The van der Waals surface area contributed by atoms with E-state index in [0.717, 1.165) is 6.26 Å². The summed E-state index contributed by atoms with van der Waals surface area (Å²) in [7, 11) is -3.23. The minimum atomic E-state index is -3.23. The monoisotopic (exact) mass is 574 g/mol. The minimum absolute atomic E-state index is 0. The second-order valence-corrected chi connectivity index (χ2v) is 8.07. The van der Waals surface area contributed by atoms with Crippen LogP contribution in [-0.4, -0.2) is 46.9 Å². The quantitative estimate of drug-likeness (QED) is 0.173. The van der Waals surface area contributed by atoms with Gasteiger partial charge in [0, 0.05) is 30.2 Å². The highest BCUT2D eigenvalue weighted by Gasteiger charge is 2.15. The second-order valence-electron chi connectivity index (χ2n) is 5.40. The molecule has 0 atom stereocenters. The lowest BCUT2D eigenvalue weighted by Gasteiger charge is -2.14. The van der Waals surface area contributed by atoms with Crippen LogP contribution in [0.4, 0.5) is 8.78 Å². The molecule has 0 aliphatic carbocycles. The van der Waals surface area contributed by atoms with Crippen LogP contribution in [0.2, 0.25) is 10.0 Å². The van der Waals surface area contributed by atoms with E-state index in [1.165, 1.54) is 12.1 Å². The number of hydrogen-bond donors (Lipinski definition) is 3. The lowest BCUT2D eigenvalue weighted by Crippen LogP contribution is -2.38. The topological polar surface area (TPSA) is 91.8 Å². The van der Waals surface area contributed by atoms with Gasteiger partial charge in [0.05, 0.1) is 17.8 Å². The molecule has 1 rings (SSSR count). The Hall–Kier alpha value is -0.630. The lowest BCUT2D eigenvalue weighted by molar-refractivity contribution is -0.0503. The highest BCUT2D eigenvalue weighted by molar-refractivity contribution is 14.0. The van der Waals surface area contributed by atoms with Gasteiger partial charge in [-0.3, -0.25) is 0 Å². The van der Waals surface area contributed by atoms with Gasteiger partial charge < -0.3 is 15.4 Å². The molecule has 0 aliphatic heterocycles. The summed E-state index contributed by atoms with van der Waals surface area (Å²) in [5.41, 5.74) is 0.309. The molecule has 0 fully saturated rings. The van der Waals surface area contributed by atoms with E-state index in [4.69, 9.17) is 23.2 Å². The zero-order valence-electron chi connectivity index (χ0n) is 15.3. The van der Waals surface area contributed by atoms with Crippen LogP contribution in [0.15, 0.2) is 17.1 Å². The summed E-state index contributed by atoms with van der Waals surface area (Å²) >= 11 is 11.9. The van der Waals surface area contributed by atoms with Gasteiger partial charge in [-0.25, -0.2) is 18.1 Å². The van der Waals surface area contributed by atoms with Crippen molar-refractivity contribution in [3.63, 3.8) is 0 Å². The minimum Gasteiger partial charge on any atom is -0.433 e. The van der Waals surface area contributed by atoms with Crippen LogP contribution < -0.4 is 20.1 Å². The standard InChI is InChI=1S/C15H22Cl2F2N4O3S.HI/c1-3-20-15(21-5-4-6-23-27(2,24)25)22-9-10-7-11(16)8-12(17)13(10)26-14(18)19;/h7-8,14,23H,3-6,9H2,1-2H3,(H2,20,21,22);1H. The predicted molar refractivity (Wildman–Crippen MR) is 119 cm³/mol. The van der Waals surface area contributed by atoms with Gasteiger partial charge in [-0.1, -0.05) is 23.2 Å². The molecule has 0 heterocycles. The maximum atomic E-state index is 12.6. The first-order valence-electron chi connectivity index (χ1n) is 8.02. The SMILES string of the molecule is CCNC(=NCc1cc(Cl)cc(Cl)c1OC(F)F)NCCCNS(C)(=O)=O.I. The van der Waals surface area contributed by atoms with Crippen LogP contribution in [0.3, 0.4) is 0 Å². The molecule has 0 unspecified atom stereocenters. The van der Waals surface area contributed by atoms with Gasteiger partial charge in [0.25, 0.3) is 0 Å². The Kier molecular flexibility index (Phi) is 13.3. The number of benzene rings is 1. The van der Waals surface area contributed by atoms with E-state index >= 15 is 0 Å². The number of hydrogen-bond acceptors (Lipinski definition) is 4. The highest BCUT2D eigenvalue weighted by atomic mass is 127. The van der Waals surface area contributed by atoms with Gasteiger partial charge in [0.2, 0.25) is 10.0 Å². The number of guanidine groups is 1. The molecule has 0 saturated heterocycles. The number of ether oxygens (including phenoxy) is 1. The van der Waals surface area contributed by atoms with Gasteiger partial charge in [0.15, 0.2) is 5.96 Å². The van der Waals surface area contributed by atoms with Crippen molar-refractivity contribution in [1.29, 1.82) is 0 Å². The molecule has 162 valence electrons. The van der Waals surface area contributed by atoms with Crippen LogP contribution in [-0.2, 0) is 16.6 Å². The van der Waals surface area contributed by atoms with Crippen LogP contribution in [0.1, 0.15) is 18.9 Å². The summed E-state index contributed by atoms with van der Waals surface area (Å²) in [6.45, 7) is 0.139. The summed E-state index contributed by atoms with van der Waals surface area (Å²) in [5.74, 6) is 0.254. The molecule has 0 aromatic heterocycles. The van der Waals surface area contributed by atoms with E-state index in [9.17, 15) is 17.2 Å². The smallest absolute Gasteiger partial charge is 0.387 e. The Morgan fingerprint density at radius 3 is 2.50 bits per heavy atom. The average molecular weight is 575 g/mol. The molecule has 0 bridgehead atoms. The highest BCUT2D eigenvalue weighted by Crippen LogP contribution is 2.34. The van der Waals surface area contributed by atoms with Gasteiger partial charge in [-0.05, 0) is 25.5 Å². The number of rotatable bonds is 10. The van der Waals surface area contributed by atoms with Crippen molar-refractivity contribution in [3.8, 4) is 5.75 Å². The van der Waals surface area contributed by atoms with Crippen molar-refractivity contribution >= 4 is 63.2 Å². The van der Waals surface area contributed by atoms with E-state index in [-0.39, 0.29) is 52.9 Å². The molecule has 7 nitrogen and oxygen atoms in total. The van der Waals surface area contributed by atoms with Gasteiger partial charge >= 0.3 is 6.61 Å². The third kappa shape index (κ3) is 11.4. The zero-order chi connectivity index (χ0) is 20.4. The van der Waals surface area contributed by atoms with Crippen molar-refractivity contribution < 1.29 is 21.9 Å². The van der Waals surface area contributed by atoms with Crippen molar-refractivity contribution in [2.24, 2.45) is 4.99 Å². The number of alkyl halides is 2. The molecule has 0 amide bonds. The molecule has 1 aromatic rings. The van der Waals surface area contributed by atoms with Crippen molar-refractivity contribution in [3.05, 3.63) is 27.7 Å². The number of nitrogens with zero attached hydrogens (tertiary/aromatic N) is 1. The Labute approximate surface area is 190 Å². The first-order valence-corrected chi connectivity index (χ1v) is 10.7. The summed E-state index contributed by atoms with van der Waals surface area (Å²) < 4.78 is 54.0. The Balaban J connectivity index is 0.00000729. The normalized spacial score (nSPS) is 11.9. The number of halogens is 5. The third-order valence-electron chi connectivity index (χ3n) is 3.05. The fourth-order valence-electron chi connectivity index (χ4n) is 2.01. The van der Waals surface area contributed by atoms with E-state index in [1.54, 1.807) is 0 Å². The average Bonchev–Trinajstić information content (AvgIpc) is 2.53. The van der Waals surface area contributed by atoms with Gasteiger partial charge in [-0.2, -0.15) is 8.78 Å². The molecule has 0 saturated carbocycles. The van der Waals surface area contributed by atoms with Crippen LogP contribution in [0, 0.1) is 0 Å². The fraction of sp³-hybridized carbons (Fsp3) is 0.533. The maximum Gasteiger partial charge on any atom is 0.387 e. The molecular formula is C15H23Cl2F2IN4O3S. The molecule has 1 aromatic carbocycles. The summed E-state index contributed by atoms with van der Waals surface area (Å²) in [6, 6.07) is 2.76. The summed E-state index contributed by atoms with van der Waals surface area (Å²) in [4.78, 5) is 4.29. The molecule has 0 spiro atoms. The van der Waals surface area contributed by atoms with Gasteiger partial charge in [-0.15, -0.1) is 24.0 Å². The van der Waals surface area contributed by atoms with E-state index in [0.29, 0.717) is 31.0 Å². The van der Waals surface area contributed by atoms with Crippen molar-refractivity contribution in [2.75, 3.05) is 25.9 Å². The maximum absolute atomic E-state index is 12.6. The summed E-state index contributed by atoms with van der Waals surface area (Å²) in [6.07, 6.45) is 1.61. The van der Waals surface area contributed by atoms with Crippen molar-refractivity contribution in [1.82, 2.24) is 15.4 Å². The Morgan fingerprint density at radius 1 is 1.25 bits per heavy atom. The Morgan fingerprint density at radius 2 is 1.93 bits per heavy atom. The Bertz CT molecular complexity index is 755. The van der Waals surface area contributed by atoms with Crippen molar-refractivity contribution in [2.45, 2.75) is 26.5 Å². The number of aliphatic imine (C=N–C) groups is 1. The molecular weight excluding hydrogens is 552 g/mol. The van der Waals surface area contributed by atoms with Crippen LogP contribution in [0.25, 0.3) is 0 Å². The van der Waals surface area contributed by atoms with Crippen LogP contribution >= 0.6 is 47.2 Å². The molecule has 0 radical (unpaired) electrons. The first-order chi connectivity index (χ1) is 12.6. The predicted octanol–water partition coefficient (Wildman–Crippen LogP) is 3.21. The largest absolute Gasteiger partial charge is 0.433 e. The van der Waals surface area contributed by atoms with E-state index < -0.39 is 16.6 Å². The summed E-state index contributed by atoms with van der Waals surface area (Å²) in [5, 5.41) is 6.26. The molecule has 0 aliphatic rings. The van der Waals surface area contributed by atoms with E-state index in [1.807, 2.05) is 6.92 Å². The molecule has 28 heavy (non-hydrogen) atoms. The fourth-order valence-corrected chi connectivity index (χ4v) is 3.11. The van der Waals surface area contributed by atoms with Crippen LogP contribution in [0.5, 0.6) is 5.75 Å². The second kappa shape index (κ2) is 13.6.